The second-order valence-electron chi connectivity index (χ2n) is 5.24. The summed E-state index contributed by atoms with van der Waals surface area (Å²) < 4.78 is 13.0. The Kier molecular flexibility index (Phi) is 4.13. The quantitative estimate of drug-likeness (QED) is 0.847. The molecule has 17 heavy (non-hydrogen) atoms. The van der Waals surface area contributed by atoms with Crippen molar-refractivity contribution in [3.63, 3.8) is 0 Å². The molecular weight excluding hydrogens is 215 g/mol. The highest BCUT2D eigenvalue weighted by Gasteiger charge is 2.26. The van der Waals surface area contributed by atoms with Gasteiger partial charge in [0.25, 0.3) is 0 Å². The van der Waals surface area contributed by atoms with Gasteiger partial charge in [-0.15, -0.1) is 0 Å². The third-order valence-electron chi connectivity index (χ3n) is 3.51. The molecular formula is C14H21FN2. The van der Waals surface area contributed by atoms with Crippen LogP contribution in [0.25, 0.3) is 0 Å². The zero-order valence-electron chi connectivity index (χ0n) is 10.4. The molecule has 0 spiro atoms. The molecule has 0 aromatic heterocycles. The first-order valence-corrected chi connectivity index (χ1v) is 6.32. The number of nitrogens with zero attached hydrogens (tertiary/aromatic N) is 1. The molecule has 0 heterocycles. The first kappa shape index (κ1) is 12.5. The van der Waals surface area contributed by atoms with Crippen molar-refractivity contribution < 1.29 is 4.39 Å². The monoisotopic (exact) mass is 236 g/mol. The van der Waals surface area contributed by atoms with E-state index in [1.54, 1.807) is 12.1 Å². The second-order valence-corrected chi connectivity index (χ2v) is 5.24. The summed E-state index contributed by atoms with van der Waals surface area (Å²) in [6.07, 6.45) is 3.22. The highest BCUT2D eigenvalue weighted by atomic mass is 19.1. The molecule has 0 bridgehead atoms. The number of halogens is 1. The predicted molar refractivity (Wildman–Crippen MR) is 68.3 cm³/mol. The maximum atomic E-state index is 13.0. The van der Waals surface area contributed by atoms with Gasteiger partial charge < -0.3 is 10.6 Å². The first-order valence-electron chi connectivity index (χ1n) is 6.32. The van der Waals surface area contributed by atoms with Crippen LogP contribution in [0.2, 0.25) is 0 Å². The Morgan fingerprint density at radius 2 is 2.18 bits per heavy atom. The van der Waals surface area contributed by atoms with Gasteiger partial charge in [0.2, 0.25) is 0 Å². The van der Waals surface area contributed by atoms with E-state index >= 15 is 0 Å². The lowest BCUT2D eigenvalue weighted by atomic mass is 9.80. The average Bonchev–Trinajstić information content (AvgIpc) is 2.24. The molecule has 1 aromatic rings. The van der Waals surface area contributed by atoms with Crippen molar-refractivity contribution in [2.75, 3.05) is 20.1 Å². The van der Waals surface area contributed by atoms with E-state index in [1.807, 2.05) is 6.07 Å². The highest BCUT2D eigenvalue weighted by molar-refractivity contribution is 5.16. The predicted octanol–water partition coefficient (Wildman–Crippen LogP) is 2.04. The summed E-state index contributed by atoms with van der Waals surface area (Å²) >= 11 is 0. The maximum Gasteiger partial charge on any atom is 0.123 e. The minimum absolute atomic E-state index is 0.143. The molecule has 2 N–H and O–H groups in total. The lowest BCUT2D eigenvalue weighted by molar-refractivity contribution is 0.183. The first-order chi connectivity index (χ1) is 8.13. The van der Waals surface area contributed by atoms with Gasteiger partial charge in [-0.1, -0.05) is 12.1 Å². The fourth-order valence-corrected chi connectivity index (χ4v) is 2.48. The lowest BCUT2D eigenvalue weighted by Gasteiger charge is -2.35. The molecule has 94 valence electrons. The SMILES string of the molecule is CN(CCc1cccc(F)c1)CC1CC(N)C1. The van der Waals surface area contributed by atoms with Gasteiger partial charge in [-0.05, 0) is 49.9 Å². The van der Waals surface area contributed by atoms with E-state index < -0.39 is 0 Å². The Hall–Kier alpha value is -0.930. The molecule has 0 atom stereocenters. The molecule has 1 saturated carbocycles. The standard InChI is InChI=1S/C14H21FN2/c1-17(10-12-8-14(16)9-12)6-5-11-3-2-4-13(15)7-11/h2-4,7,12,14H,5-6,8-10,16H2,1H3. The van der Waals surface area contributed by atoms with E-state index in [4.69, 9.17) is 5.73 Å². The van der Waals surface area contributed by atoms with Crippen LogP contribution in [0.4, 0.5) is 4.39 Å². The summed E-state index contributed by atoms with van der Waals surface area (Å²) in [7, 11) is 2.13. The summed E-state index contributed by atoms with van der Waals surface area (Å²) in [5.74, 6) is 0.623. The summed E-state index contributed by atoms with van der Waals surface area (Å²) in [6.45, 7) is 2.10. The van der Waals surface area contributed by atoms with Crippen molar-refractivity contribution in [2.24, 2.45) is 11.7 Å². The van der Waals surface area contributed by atoms with Crippen molar-refractivity contribution in [1.82, 2.24) is 4.90 Å². The number of benzene rings is 1. The number of likely N-dealkylation sites (N-methyl/N-ethyl adjacent to an activating group) is 1. The Bertz CT molecular complexity index is 361. The van der Waals surface area contributed by atoms with E-state index in [1.165, 1.54) is 6.07 Å². The average molecular weight is 236 g/mol. The van der Waals surface area contributed by atoms with Gasteiger partial charge in [-0.2, -0.15) is 0 Å². The van der Waals surface area contributed by atoms with E-state index in [2.05, 4.69) is 11.9 Å². The molecule has 0 radical (unpaired) electrons. The van der Waals surface area contributed by atoms with Crippen LogP contribution in [-0.2, 0) is 6.42 Å². The topological polar surface area (TPSA) is 29.3 Å². The molecule has 0 unspecified atom stereocenters. The van der Waals surface area contributed by atoms with Crippen LogP contribution in [0.1, 0.15) is 18.4 Å². The maximum absolute atomic E-state index is 13.0. The van der Waals surface area contributed by atoms with Crippen molar-refractivity contribution in [1.29, 1.82) is 0 Å². The van der Waals surface area contributed by atoms with Crippen LogP contribution in [0.5, 0.6) is 0 Å². The lowest BCUT2D eigenvalue weighted by Crippen LogP contribution is -2.42. The van der Waals surface area contributed by atoms with Crippen LogP contribution in [0, 0.1) is 11.7 Å². The number of hydrogen-bond donors (Lipinski definition) is 1. The number of rotatable bonds is 5. The summed E-state index contributed by atoms with van der Waals surface area (Å²) in [5, 5.41) is 0. The van der Waals surface area contributed by atoms with Crippen molar-refractivity contribution in [3.8, 4) is 0 Å². The Labute approximate surface area is 103 Å². The molecule has 0 amide bonds. The third kappa shape index (κ3) is 3.79. The zero-order valence-corrected chi connectivity index (χ0v) is 10.4. The Morgan fingerprint density at radius 3 is 2.82 bits per heavy atom. The van der Waals surface area contributed by atoms with Crippen molar-refractivity contribution >= 4 is 0 Å². The van der Waals surface area contributed by atoms with Crippen molar-refractivity contribution in [2.45, 2.75) is 25.3 Å². The Balaban J connectivity index is 1.70. The Morgan fingerprint density at radius 1 is 1.41 bits per heavy atom. The van der Waals surface area contributed by atoms with Gasteiger partial charge in [-0.3, -0.25) is 0 Å². The molecule has 1 aliphatic rings. The smallest absolute Gasteiger partial charge is 0.123 e. The zero-order chi connectivity index (χ0) is 12.3. The van der Waals surface area contributed by atoms with Crippen molar-refractivity contribution in [3.05, 3.63) is 35.6 Å². The molecule has 1 aliphatic carbocycles. The van der Waals surface area contributed by atoms with Crippen LogP contribution in [0.3, 0.4) is 0 Å². The fraction of sp³-hybridized carbons (Fsp3) is 0.571. The molecule has 0 aliphatic heterocycles. The van der Waals surface area contributed by atoms with Gasteiger partial charge >= 0.3 is 0 Å². The number of hydrogen-bond acceptors (Lipinski definition) is 2. The fourth-order valence-electron chi connectivity index (χ4n) is 2.48. The van der Waals surface area contributed by atoms with Crippen LogP contribution in [-0.4, -0.2) is 31.1 Å². The number of nitrogens with two attached hydrogens (primary N) is 1. The van der Waals surface area contributed by atoms with Gasteiger partial charge in [0, 0.05) is 19.1 Å². The third-order valence-corrected chi connectivity index (χ3v) is 3.51. The summed E-state index contributed by atoms with van der Waals surface area (Å²) in [4.78, 5) is 2.32. The normalized spacial score (nSPS) is 23.8. The second kappa shape index (κ2) is 5.61. The van der Waals surface area contributed by atoms with Gasteiger partial charge in [-0.25, -0.2) is 4.39 Å². The molecule has 0 saturated heterocycles. The molecule has 2 rings (SSSR count). The summed E-state index contributed by atoms with van der Waals surface area (Å²) in [5.41, 5.74) is 6.84. The van der Waals surface area contributed by atoms with E-state index in [0.717, 1.165) is 43.8 Å². The van der Waals surface area contributed by atoms with Crippen LogP contribution in [0.15, 0.2) is 24.3 Å². The van der Waals surface area contributed by atoms with Gasteiger partial charge in [0.05, 0.1) is 0 Å². The molecule has 3 heteroatoms. The summed E-state index contributed by atoms with van der Waals surface area (Å²) in [6, 6.07) is 7.29. The highest BCUT2D eigenvalue weighted by Crippen LogP contribution is 2.25. The van der Waals surface area contributed by atoms with E-state index in [9.17, 15) is 4.39 Å². The van der Waals surface area contributed by atoms with E-state index in [-0.39, 0.29) is 5.82 Å². The minimum atomic E-state index is -0.143. The van der Waals surface area contributed by atoms with E-state index in [0.29, 0.717) is 6.04 Å². The minimum Gasteiger partial charge on any atom is -0.328 e. The molecule has 2 nitrogen and oxygen atoms in total. The molecule has 1 aromatic carbocycles. The largest absolute Gasteiger partial charge is 0.328 e. The van der Waals surface area contributed by atoms with Gasteiger partial charge in [0.15, 0.2) is 0 Å². The molecule has 1 fully saturated rings. The van der Waals surface area contributed by atoms with Crippen LogP contribution < -0.4 is 5.73 Å². The van der Waals surface area contributed by atoms with Crippen LogP contribution >= 0.6 is 0 Å². The van der Waals surface area contributed by atoms with Gasteiger partial charge in [0.1, 0.15) is 5.82 Å².